The first-order chi connectivity index (χ1) is 9.47. The van der Waals surface area contributed by atoms with Gasteiger partial charge >= 0.3 is 0 Å². The van der Waals surface area contributed by atoms with Gasteiger partial charge in [0.15, 0.2) is 0 Å². The second kappa shape index (κ2) is 3.70. The van der Waals surface area contributed by atoms with Crippen LogP contribution in [-0.4, -0.2) is 9.55 Å². The molecule has 0 saturated carbocycles. The third-order valence-electron chi connectivity index (χ3n) is 2.66. The van der Waals surface area contributed by atoms with Crippen LogP contribution < -0.4 is 0 Å². The van der Waals surface area contributed by atoms with E-state index in [-0.39, 0.29) is 5.82 Å². The fraction of sp³-hybridized carbons (Fsp3) is 0.0714. The van der Waals surface area contributed by atoms with Crippen molar-refractivity contribution in [3.05, 3.63) is 54.3 Å². The van der Waals surface area contributed by atoms with E-state index < -0.39 is 6.98 Å². The van der Waals surface area contributed by atoms with Crippen LogP contribution in [0.4, 0.5) is 4.39 Å². The smallest absolute Gasteiger partial charge is 0.140 e. The molecule has 0 N–H and O–H groups in total. The molecular formula is C14H11FN2. The summed E-state index contributed by atoms with van der Waals surface area (Å²) in [5, 5.41) is 0. The summed E-state index contributed by atoms with van der Waals surface area (Å²) < 4.78 is 37.3. The van der Waals surface area contributed by atoms with Gasteiger partial charge in [-0.3, -0.25) is 0 Å². The summed E-state index contributed by atoms with van der Waals surface area (Å²) in [4.78, 5) is 4.36. The van der Waals surface area contributed by atoms with E-state index in [1.165, 1.54) is 28.8 Å². The predicted octanol–water partition coefficient (Wildman–Crippen LogP) is 3.38. The Hall–Kier alpha value is -2.16. The largest absolute Gasteiger partial charge is 0.327 e. The van der Waals surface area contributed by atoms with Crippen molar-refractivity contribution in [2.75, 3.05) is 0 Å². The highest BCUT2D eigenvalue weighted by Gasteiger charge is 2.08. The first-order valence-corrected chi connectivity index (χ1v) is 5.21. The molecule has 0 radical (unpaired) electrons. The van der Waals surface area contributed by atoms with Crippen LogP contribution in [0.25, 0.3) is 22.4 Å². The van der Waals surface area contributed by atoms with E-state index in [2.05, 4.69) is 4.98 Å². The van der Waals surface area contributed by atoms with Gasteiger partial charge in [0.1, 0.15) is 11.6 Å². The van der Waals surface area contributed by atoms with E-state index in [9.17, 15) is 4.39 Å². The van der Waals surface area contributed by atoms with E-state index in [0.29, 0.717) is 22.4 Å². The summed E-state index contributed by atoms with van der Waals surface area (Å²) in [5.74, 6) is -0.0588. The van der Waals surface area contributed by atoms with Crippen LogP contribution in [0.3, 0.4) is 0 Å². The molecule has 2 nitrogen and oxygen atoms in total. The van der Waals surface area contributed by atoms with Gasteiger partial charge in [-0.05, 0) is 36.4 Å². The third-order valence-corrected chi connectivity index (χ3v) is 2.66. The van der Waals surface area contributed by atoms with Crippen LogP contribution in [-0.2, 0) is 6.98 Å². The first kappa shape index (κ1) is 7.22. The Morgan fingerprint density at radius 2 is 1.88 bits per heavy atom. The van der Waals surface area contributed by atoms with Gasteiger partial charge in [-0.15, -0.1) is 0 Å². The molecule has 3 heteroatoms. The molecule has 1 heterocycles. The Kier molecular flexibility index (Phi) is 1.57. The number of halogens is 1. The van der Waals surface area contributed by atoms with Crippen molar-refractivity contribution in [2.45, 2.75) is 0 Å². The summed E-state index contributed by atoms with van der Waals surface area (Å²) in [6, 6.07) is 12.7. The van der Waals surface area contributed by atoms with Gasteiger partial charge in [0.2, 0.25) is 0 Å². The summed E-state index contributed by atoms with van der Waals surface area (Å²) in [5.41, 5.74) is 1.70. The lowest BCUT2D eigenvalue weighted by molar-refractivity contribution is 0.628. The van der Waals surface area contributed by atoms with Gasteiger partial charge < -0.3 is 4.57 Å². The molecule has 0 spiro atoms. The topological polar surface area (TPSA) is 17.8 Å². The van der Waals surface area contributed by atoms with Crippen LogP contribution in [0, 0.1) is 5.82 Å². The minimum absolute atomic E-state index is 0.311. The minimum Gasteiger partial charge on any atom is -0.327 e. The van der Waals surface area contributed by atoms with Gasteiger partial charge in [0.25, 0.3) is 0 Å². The van der Waals surface area contributed by atoms with E-state index in [1.54, 1.807) is 24.3 Å². The van der Waals surface area contributed by atoms with Gasteiger partial charge in [0.05, 0.1) is 11.0 Å². The van der Waals surface area contributed by atoms with Crippen molar-refractivity contribution >= 4 is 11.0 Å². The molecular weight excluding hydrogens is 215 g/mol. The zero-order valence-electron chi connectivity index (χ0n) is 11.9. The lowest BCUT2D eigenvalue weighted by atomic mass is 10.2. The number of fused-ring (bicyclic) bond motifs is 1. The molecule has 0 aliphatic heterocycles. The van der Waals surface area contributed by atoms with E-state index in [4.69, 9.17) is 4.11 Å². The molecule has 2 aromatic carbocycles. The molecule has 0 unspecified atom stereocenters. The molecule has 84 valence electrons. The molecule has 17 heavy (non-hydrogen) atoms. The average molecular weight is 229 g/mol. The van der Waals surface area contributed by atoms with Gasteiger partial charge in [-0.2, -0.15) is 0 Å². The fourth-order valence-electron chi connectivity index (χ4n) is 1.82. The number of aryl methyl sites for hydroxylation is 1. The highest BCUT2D eigenvalue weighted by molar-refractivity contribution is 5.80. The van der Waals surface area contributed by atoms with Gasteiger partial charge in [-0.25, -0.2) is 9.37 Å². The Bertz CT molecular complexity index is 760. The van der Waals surface area contributed by atoms with Crippen LogP contribution in [0.15, 0.2) is 48.5 Å². The highest BCUT2D eigenvalue weighted by Crippen LogP contribution is 2.23. The number of hydrogen-bond donors (Lipinski definition) is 0. The Labute approximate surface area is 103 Å². The number of hydrogen-bond acceptors (Lipinski definition) is 1. The van der Waals surface area contributed by atoms with Crippen molar-refractivity contribution in [3.63, 3.8) is 0 Å². The lowest BCUT2D eigenvalue weighted by Gasteiger charge is -2.01. The van der Waals surface area contributed by atoms with E-state index in [1.807, 2.05) is 0 Å². The number of imidazole rings is 1. The third kappa shape index (κ3) is 1.60. The quantitative estimate of drug-likeness (QED) is 0.625. The number of para-hydroxylation sites is 2. The molecule has 0 atom stereocenters. The molecule has 3 aromatic rings. The van der Waals surface area contributed by atoms with Gasteiger partial charge in [-0.1, -0.05) is 12.1 Å². The monoisotopic (exact) mass is 229 g/mol. The summed E-state index contributed by atoms with van der Waals surface area (Å²) >= 11 is 0. The molecule has 0 aliphatic rings. The van der Waals surface area contributed by atoms with Crippen molar-refractivity contribution < 1.29 is 8.50 Å². The summed E-state index contributed by atoms with van der Waals surface area (Å²) in [7, 11) is 0. The SMILES string of the molecule is [2H]C([2H])([2H])n1c(-c2ccc(F)cc2)nc2ccccc21. The van der Waals surface area contributed by atoms with E-state index in [0.717, 1.165) is 0 Å². The molecule has 3 rings (SSSR count). The minimum atomic E-state index is -2.35. The lowest BCUT2D eigenvalue weighted by Crippen LogP contribution is -1.92. The van der Waals surface area contributed by atoms with Crippen molar-refractivity contribution in [2.24, 2.45) is 6.98 Å². The standard InChI is InChI=1S/C14H11FN2/c1-17-13-5-3-2-4-12(13)16-14(17)10-6-8-11(15)9-7-10/h2-9H,1H3/i1D3. The number of rotatable bonds is 1. The zero-order chi connectivity index (χ0) is 14.3. The van der Waals surface area contributed by atoms with E-state index >= 15 is 0 Å². The molecule has 0 aliphatic carbocycles. The Morgan fingerprint density at radius 1 is 1.12 bits per heavy atom. The Morgan fingerprint density at radius 3 is 2.65 bits per heavy atom. The normalized spacial score (nSPS) is 14.3. The van der Waals surface area contributed by atoms with Crippen LogP contribution in [0.5, 0.6) is 0 Å². The van der Waals surface area contributed by atoms with Crippen LogP contribution >= 0.6 is 0 Å². The molecule has 0 bridgehead atoms. The van der Waals surface area contributed by atoms with Crippen molar-refractivity contribution in [1.29, 1.82) is 0 Å². The first-order valence-electron chi connectivity index (χ1n) is 6.71. The number of aromatic nitrogens is 2. The predicted molar refractivity (Wildman–Crippen MR) is 66.1 cm³/mol. The molecule has 0 amide bonds. The second-order valence-electron chi connectivity index (χ2n) is 3.77. The maximum Gasteiger partial charge on any atom is 0.140 e. The summed E-state index contributed by atoms with van der Waals surface area (Å²) in [6.07, 6.45) is 0. The number of nitrogens with zero attached hydrogens (tertiary/aromatic N) is 2. The number of benzene rings is 2. The maximum absolute atomic E-state index is 13.0. The van der Waals surface area contributed by atoms with Crippen molar-refractivity contribution in [1.82, 2.24) is 9.55 Å². The molecule has 0 saturated heterocycles. The maximum atomic E-state index is 13.0. The van der Waals surface area contributed by atoms with Crippen LogP contribution in [0.2, 0.25) is 0 Å². The van der Waals surface area contributed by atoms with Crippen LogP contribution in [0.1, 0.15) is 4.11 Å². The fourth-order valence-corrected chi connectivity index (χ4v) is 1.82. The van der Waals surface area contributed by atoms with Crippen molar-refractivity contribution in [3.8, 4) is 11.4 Å². The molecule has 1 aromatic heterocycles. The average Bonchev–Trinajstić information content (AvgIpc) is 2.78. The summed E-state index contributed by atoms with van der Waals surface area (Å²) in [6.45, 7) is -2.35. The molecule has 0 fully saturated rings. The Balaban J connectivity index is 2.32. The zero-order valence-corrected chi connectivity index (χ0v) is 8.89. The second-order valence-corrected chi connectivity index (χ2v) is 3.77. The highest BCUT2D eigenvalue weighted by atomic mass is 19.1. The van der Waals surface area contributed by atoms with Gasteiger partial charge in [0, 0.05) is 16.7 Å².